The number of rotatable bonds is 5. The number of aliphatic hydroxyl groups excluding tert-OH is 4. The SMILES string of the molecule is CO/N=C\[C@@H](O)[C@H](O)[C@H](O)CO. The second-order valence-corrected chi connectivity index (χ2v) is 2.17. The van der Waals surface area contributed by atoms with Gasteiger partial charge in [-0.05, 0) is 0 Å². The zero-order chi connectivity index (χ0) is 9.56. The fourth-order valence-electron chi connectivity index (χ4n) is 0.547. The van der Waals surface area contributed by atoms with E-state index in [0.717, 1.165) is 6.21 Å². The summed E-state index contributed by atoms with van der Waals surface area (Å²) >= 11 is 0. The van der Waals surface area contributed by atoms with Crippen LogP contribution in [-0.4, -0.2) is 58.7 Å². The molecule has 0 saturated heterocycles. The number of nitrogens with zero attached hydrogens (tertiary/aromatic N) is 1. The maximum absolute atomic E-state index is 9.01. The normalized spacial score (nSPS) is 19.1. The predicted octanol–water partition coefficient (Wildman–Crippen LogP) is -2.31. The van der Waals surface area contributed by atoms with Crippen molar-refractivity contribution in [3.63, 3.8) is 0 Å². The van der Waals surface area contributed by atoms with Gasteiger partial charge in [-0.3, -0.25) is 0 Å². The van der Waals surface area contributed by atoms with Crippen molar-refractivity contribution in [2.24, 2.45) is 5.16 Å². The van der Waals surface area contributed by atoms with Gasteiger partial charge < -0.3 is 25.3 Å². The molecule has 6 nitrogen and oxygen atoms in total. The number of aliphatic hydroxyl groups is 4. The molecule has 0 aromatic heterocycles. The molecule has 0 rings (SSSR count). The van der Waals surface area contributed by atoms with Gasteiger partial charge in [-0.25, -0.2) is 0 Å². The molecule has 0 spiro atoms. The molecule has 0 bridgehead atoms. The first-order valence-corrected chi connectivity index (χ1v) is 3.35. The Hall–Kier alpha value is -0.690. The lowest BCUT2D eigenvalue weighted by Gasteiger charge is -2.17. The molecule has 12 heavy (non-hydrogen) atoms. The molecule has 72 valence electrons. The first-order valence-electron chi connectivity index (χ1n) is 3.35. The van der Waals surface area contributed by atoms with E-state index in [-0.39, 0.29) is 0 Å². The fraction of sp³-hybridized carbons (Fsp3) is 0.833. The van der Waals surface area contributed by atoms with Crippen LogP contribution in [0, 0.1) is 0 Å². The van der Waals surface area contributed by atoms with Crippen molar-refractivity contribution >= 4 is 6.21 Å². The van der Waals surface area contributed by atoms with E-state index >= 15 is 0 Å². The monoisotopic (exact) mass is 179 g/mol. The summed E-state index contributed by atoms with van der Waals surface area (Å²) in [6.45, 7) is -0.626. The molecule has 0 aliphatic heterocycles. The van der Waals surface area contributed by atoms with Gasteiger partial charge in [-0.15, -0.1) is 0 Å². The number of hydrogen-bond acceptors (Lipinski definition) is 6. The molecule has 0 aliphatic rings. The van der Waals surface area contributed by atoms with E-state index in [2.05, 4.69) is 9.99 Å². The Morgan fingerprint density at radius 3 is 2.42 bits per heavy atom. The van der Waals surface area contributed by atoms with Crippen LogP contribution < -0.4 is 0 Å². The lowest BCUT2D eigenvalue weighted by Crippen LogP contribution is -2.40. The highest BCUT2D eigenvalue weighted by Crippen LogP contribution is 1.97. The maximum Gasteiger partial charge on any atom is 0.121 e. The van der Waals surface area contributed by atoms with Gasteiger partial charge in [0.25, 0.3) is 0 Å². The Balaban J connectivity index is 3.91. The lowest BCUT2D eigenvalue weighted by molar-refractivity contribution is -0.0547. The van der Waals surface area contributed by atoms with Crippen molar-refractivity contribution < 1.29 is 25.3 Å². The summed E-state index contributed by atoms with van der Waals surface area (Å²) in [4.78, 5) is 4.23. The van der Waals surface area contributed by atoms with E-state index in [1.165, 1.54) is 7.11 Å². The molecule has 0 amide bonds. The average molecular weight is 179 g/mol. The Labute approximate surface area is 69.7 Å². The van der Waals surface area contributed by atoms with Crippen LogP contribution in [0.1, 0.15) is 0 Å². The molecule has 0 aromatic carbocycles. The van der Waals surface area contributed by atoms with Gasteiger partial charge in [-0.2, -0.15) is 0 Å². The summed E-state index contributed by atoms with van der Waals surface area (Å²) in [5.41, 5.74) is 0. The average Bonchev–Trinajstić information content (AvgIpc) is 2.11. The van der Waals surface area contributed by atoms with E-state index in [4.69, 9.17) is 20.4 Å². The summed E-state index contributed by atoms with van der Waals surface area (Å²) in [5, 5.41) is 38.4. The molecule has 0 saturated carbocycles. The van der Waals surface area contributed by atoms with Crippen LogP contribution in [0.4, 0.5) is 0 Å². The van der Waals surface area contributed by atoms with Gasteiger partial charge in [0.15, 0.2) is 0 Å². The third-order valence-electron chi connectivity index (χ3n) is 1.25. The van der Waals surface area contributed by atoms with Gasteiger partial charge in [-0.1, -0.05) is 5.16 Å². The summed E-state index contributed by atoms with van der Waals surface area (Å²) in [5.74, 6) is 0. The topological polar surface area (TPSA) is 103 Å². The lowest BCUT2D eigenvalue weighted by atomic mass is 10.1. The van der Waals surface area contributed by atoms with Crippen molar-refractivity contribution in [3.05, 3.63) is 0 Å². The molecular weight excluding hydrogens is 166 g/mol. The summed E-state index contributed by atoms with van der Waals surface area (Å²) in [6.07, 6.45) is -3.28. The smallest absolute Gasteiger partial charge is 0.121 e. The van der Waals surface area contributed by atoms with Gasteiger partial charge in [0.05, 0.1) is 12.8 Å². The fourth-order valence-corrected chi connectivity index (χ4v) is 0.547. The van der Waals surface area contributed by atoms with Gasteiger partial charge in [0.1, 0.15) is 25.4 Å². The standard InChI is InChI=1S/C6H13NO5/c1-12-7-2-4(9)6(11)5(10)3-8/h2,4-6,8-11H,3H2,1H3/b7-2-/t4-,5-,6+/m1/s1. The zero-order valence-electron chi connectivity index (χ0n) is 6.66. The van der Waals surface area contributed by atoms with Crippen LogP contribution in [-0.2, 0) is 4.84 Å². The molecule has 6 heteroatoms. The molecular formula is C6H13NO5. The third-order valence-corrected chi connectivity index (χ3v) is 1.25. The second kappa shape index (κ2) is 5.90. The molecule has 0 heterocycles. The minimum atomic E-state index is -1.46. The van der Waals surface area contributed by atoms with Crippen LogP contribution in [0.2, 0.25) is 0 Å². The Morgan fingerprint density at radius 1 is 1.42 bits per heavy atom. The van der Waals surface area contributed by atoms with Crippen molar-refractivity contribution in [3.8, 4) is 0 Å². The molecule has 3 atom stereocenters. The summed E-state index contributed by atoms with van der Waals surface area (Å²) < 4.78 is 0. The molecule has 4 N–H and O–H groups in total. The molecule has 0 aromatic rings. The highest BCUT2D eigenvalue weighted by atomic mass is 16.6. The predicted molar refractivity (Wildman–Crippen MR) is 40.6 cm³/mol. The van der Waals surface area contributed by atoms with Crippen molar-refractivity contribution in [1.29, 1.82) is 0 Å². The molecule has 0 fully saturated rings. The van der Waals surface area contributed by atoms with Crippen molar-refractivity contribution in [2.75, 3.05) is 13.7 Å². The summed E-state index contributed by atoms with van der Waals surface area (Å²) in [7, 11) is 1.28. The molecule has 0 unspecified atom stereocenters. The first kappa shape index (κ1) is 11.3. The maximum atomic E-state index is 9.01. The van der Waals surface area contributed by atoms with Gasteiger partial charge >= 0.3 is 0 Å². The minimum absolute atomic E-state index is 0.626. The summed E-state index contributed by atoms with van der Waals surface area (Å²) in [6, 6.07) is 0. The van der Waals surface area contributed by atoms with E-state index in [1.54, 1.807) is 0 Å². The van der Waals surface area contributed by atoms with Crippen molar-refractivity contribution in [1.82, 2.24) is 0 Å². The third kappa shape index (κ3) is 3.63. The van der Waals surface area contributed by atoms with Crippen LogP contribution in [0.5, 0.6) is 0 Å². The largest absolute Gasteiger partial charge is 0.399 e. The Morgan fingerprint density at radius 2 is 2.00 bits per heavy atom. The van der Waals surface area contributed by atoms with Gasteiger partial charge in [0.2, 0.25) is 0 Å². The van der Waals surface area contributed by atoms with Crippen LogP contribution in [0.15, 0.2) is 5.16 Å². The van der Waals surface area contributed by atoms with Crippen LogP contribution in [0.25, 0.3) is 0 Å². The minimum Gasteiger partial charge on any atom is -0.399 e. The Kier molecular flexibility index (Phi) is 5.56. The van der Waals surface area contributed by atoms with Crippen LogP contribution >= 0.6 is 0 Å². The molecule has 0 aliphatic carbocycles. The van der Waals surface area contributed by atoms with E-state index < -0.39 is 24.9 Å². The highest BCUT2D eigenvalue weighted by molar-refractivity contribution is 5.62. The highest BCUT2D eigenvalue weighted by Gasteiger charge is 2.22. The van der Waals surface area contributed by atoms with E-state index in [9.17, 15) is 0 Å². The second-order valence-electron chi connectivity index (χ2n) is 2.17. The Bertz CT molecular complexity index is 140. The van der Waals surface area contributed by atoms with E-state index in [1.807, 2.05) is 0 Å². The number of oxime groups is 1. The quantitative estimate of drug-likeness (QED) is 0.280. The van der Waals surface area contributed by atoms with Crippen molar-refractivity contribution in [2.45, 2.75) is 18.3 Å². The zero-order valence-corrected chi connectivity index (χ0v) is 6.66. The van der Waals surface area contributed by atoms with E-state index in [0.29, 0.717) is 0 Å². The first-order chi connectivity index (χ1) is 5.63. The number of hydrogen-bond donors (Lipinski definition) is 4. The molecule has 0 radical (unpaired) electrons. The van der Waals surface area contributed by atoms with Gasteiger partial charge in [0, 0.05) is 0 Å². The van der Waals surface area contributed by atoms with Crippen LogP contribution in [0.3, 0.4) is 0 Å².